The van der Waals surface area contributed by atoms with Crippen molar-refractivity contribution in [1.82, 2.24) is 15.5 Å². The summed E-state index contributed by atoms with van der Waals surface area (Å²) in [5.74, 6) is 0.932. The van der Waals surface area contributed by atoms with E-state index in [-0.39, 0.29) is 17.5 Å². The van der Waals surface area contributed by atoms with E-state index in [1.54, 1.807) is 0 Å². The molecule has 0 radical (unpaired) electrons. The molecule has 100 valence electrons. The largest absolute Gasteiger partial charge is 0.408 e. The fourth-order valence-corrected chi connectivity index (χ4v) is 1.51. The lowest BCUT2D eigenvalue weighted by atomic mass is 10.1. The zero-order valence-corrected chi connectivity index (χ0v) is 11.1. The van der Waals surface area contributed by atoms with E-state index in [9.17, 15) is 4.79 Å². The summed E-state index contributed by atoms with van der Waals surface area (Å²) in [5.41, 5.74) is 0.0178. The van der Waals surface area contributed by atoms with Gasteiger partial charge >= 0.3 is 6.01 Å². The van der Waals surface area contributed by atoms with Crippen molar-refractivity contribution in [1.29, 1.82) is 0 Å². The quantitative estimate of drug-likeness (QED) is 0.833. The number of rotatable bonds is 5. The van der Waals surface area contributed by atoms with E-state index >= 15 is 0 Å². The number of hydrogen-bond donors (Lipinski definition) is 2. The number of nitrogens with one attached hydrogen (secondary N) is 2. The van der Waals surface area contributed by atoms with Gasteiger partial charge in [-0.1, -0.05) is 5.10 Å². The Morgan fingerprint density at radius 3 is 2.72 bits per heavy atom. The van der Waals surface area contributed by atoms with Crippen LogP contribution < -0.4 is 10.6 Å². The lowest BCUT2D eigenvalue weighted by Gasteiger charge is -2.19. The van der Waals surface area contributed by atoms with Crippen LogP contribution in [0.5, 0.6) is 0 Å². The van der Waals surface area contributed by atoms with Crippen molar-refractivity contribution in [3.8, 4) is 0 Å². The van der Waals surface area contributed by atoms with E-state index in [1.807, 2.05) is 0 Å². The number of nitrogens with zero attached hydrogens (tertiary/aromatic N) is 2. The van der Waals surface area contributed by atoms with Crippen molar-refractivity contribution in [3.05, 3.63) is 5.89 Å². The summed E-state index contributed by atoms with van der Waals surface area (Å²) < 4.78 is 5.35. The zero-order valence-electron chi connectivity index (χ0n) is 11.1. The molecule has 6 nitrogen and oxygen atoms in total. The maximum Gasteiger partial charge on any atom is 0.322 e. The molecule has 1 amide bonds. The predicted molar refractivity (Wildman–Crippen MR) is 67.3 cm³/mol. The van der Waals surface area contributed by atoms with Crippen LogP contribution in [0.2, 0.25) is 0 Å². The van der Waals surface area contributed by atoms with Crippen LogP contribution in [0, 0.1) is 0 Å². The summed E-state index contributed by atoms with van der Waals surface area (Å²) in [5, 5.41) is 13.6. The second kappa shape index (κ2) is 5.06. The third-order valence-corrected chi connectivity index (χ3v) is 2.62. The zero-order chi connectivity index (χ0) is 13.2. The van der Waals surface area contributed by atoms with E-state index in [0.29, 0.717) is 24.8 Å². The molecule has 1 heterocycles. The van der Waals surface area contributed by atoms with Crippen molar-refractivity contribution in [3.63, 3.8) is 0 Å². The first-order chi connectivity index (χ1) is 8.44. The molecule has 1 aliphatic carbocycles. The van der Waals surface area contributed by atoms with Gasteiger partial charge in [-0.15, -0.1) is 5.10 Å². The van der Waals surface area contributed by atoms with Crippen LogP contribution in [0.4, 0.5) is 6.01 Å². The highest BCUT2D eigenvalue weighted by atomic mass is 16.4. The second-order valence-electron chi connectivity index (χ2n) is 5.69. The highest BCUT2D eigenvalue weighted by Crippen LogP contribution is 2.39. The van der Waals surface area contributed by atoms with Crippen LogP contribution in [0.1, 0.15) is 51.8 Å². The molecule has 0 spiro atoms. The molecule has 0 aliphatic heterocycles. The van der Waals surface area contributed by atoms with Crippen molar-refractivity contribution in [2.45, 2.75) is 51.5 Å². The molecule has 0 saturated heterocycles. The summed E-state index contributed by atoms with van der Waals surface area (Å²) >= 11 is 0. The van der Waals surface area contributed by atoms with Crippen molar-refractivity contribution in [2.24, 2.45) is 0 Å². The Labute approximate surface area is 107 Å². The highest BCUT2D eigenvalue weighted by Gasteiger charge is 2.29. The Kier molecular flexibility index (Phi) is 3.65. The molecule has 1 aromatic rings. The SMILES string of the molecule is CC(C)(C)NCCC(=O)Nc1nnc(C2CC2)o1. The predicted octanol–water partition coefficient (Wildman–Crippen LogP) is 1.66. The smallest absolute Gasteiger partial charge is 0.322 e. The summed E-state index contributed by atoms with van der Waals surface area (Å²) in [7, 11) is 0. The van der Waals surface area contributed by atoms with Crippen molar-refractivity contribution >= 4 is 11.9 Å². The first kappa shape index (κ1) is 13.0. The van der Waals surface area contributed by atoms with Gasteiger partial charge in [0.15, 0.2) is 0 Å². The van der Waals surface area contributed by atoms with E-state index in [2.05, 4.69) is 41.6 Å². The molecule has 0 bridgehead atoms. The summed E-state index contributed by atoms with van der Waals surface area (Å²) in [6.07, 6.45) is 2.59. The van der Waals surface area contributed by atoms with Gasteiger partial charge < -0.3 is 9.73 Å². The minimum atomic E-state index is -0.113. The molecule has 0 unspecified atom stereocenters. The molecule has 2 N–H and O–H groups in total. The van der Waals surface area contributed by atoms with Gasteiger partial charge in [0.25, 0.3) is 0 Å². The van der Waals surface area contributed by atoms with Gasteiger partial charge in [0.1, 0.15) is 0 Å². The van der Waals surface area contributed by atoms with Crippen LogP contribution in [-0.4, -0.2) is 28.2 Å². The molecule has 0 aromatic carbocycles. The Morgan fingerprint density at radius 2 is 2.11 bits per heavy atom. The Morgan fingerprint density at radius 1 is 1.39 bits per heavy atom. The third-order valence-electron chi connectivity index (χ3n) is 2.62. The average Bonchev–Trinajstić information content (AvgIpc) is 2.99. The van der Waals surface area contributed by atoms with Crippen molar-refractivity contribution < 1.29 is 9.21 Å². The highest BCUT2D eigenvalue weighted by molar-refractivity contribution is 5.88. The molecular weight excluding hydrogens is 232 g/mol. The Bertz CT molecular complexity index is 418. The molecule has 1 aliphatic rings. The lowest BCUT2D eigenvalue weighted by molar-refractivity contribution is -0.116. The molecule has 1 saturated carbocycles. The monoisotopic (exact) mass is 252 g/mol. The maximum absolute atomic E-state index is 11.6. The topological polar surface area (TPSA) is 80.0 Å². The molecular formula is C12H20N4O2. The minimum Gasteiger partial charge on any atom is -0.408 e. The van der Waals surface area contributed by atoms with Gasteiger partial charge in [-0.2, -0.15) is 0 Å². The van der Waals surface area contributed by atoms with Crippen LogP contribution in [-0.2, 0) is 4.79 Å². The lowest BCUT2D eigenvalue weighted by Crippen LogP contribution is -2.37. The van der Waals surface area contributed by atoms with E-state index < -0.39 is 0 Å². The maximum atomic E-state index is 11.6. The number of carbonyl (C=O) groups excluding carboxylic acids is 1. The average molecular weight is 252 g/mol. The second-order valence-corrected chi connectivity index (χ2v) is 5.69. The standard InChI is InChI=1S/C12H20N4O2/c1-12(2,3)13-7-6-9(17)14-11-16-15-10(18-11)8-4-5-8/h8,13H,4-7H2,1-3H3,(H,14,16,17). The normalized spacial score (nSPS) is 15.7. The number of aromatic nitrogens is 2. The van der Waals surface area contributed by atoms with Gasteiger partial charge in [-0.25, -0.2) is 0 Å². The van der Waals surface area contributed by atoms with Gasteiger partial charge in [-0.05, 0) is 33.6 Å². The van der Waals surface area contributed by atoms with E-state index in [4.69, 9.17) is 4.42 Å². The molecule has 2 rings (SSSR count). The van der Waals surface area contributed by atoms with E-state index in [0.717, 1.165) is 12.8 Å². The number of carbonyl (C=O) groups is 1. The molecule has 6 heteroatoms. The van der Waals surface area contributed by atoms with E-state index in [1.165, 1.54) is 0 Å². The van der Waals surface area contributed by atoms with Crippen LogP contribution >= 0.6 is 0 Å². The Balaban J connectivity index is 1.72. The third kappa shape index (κ3) is 4.10. The first-order valence-electron chi connectivity index (χ1n) is 6.32. The summed E-state index contributed by atoms with van der Waals surface area (Å²) in [6, 6.07) is 0.206. The summed E-state index contributed by atoms with van der Waals surface area (Å²) in [4.78, 5) is 11.6. The minimum absolute atomic E-state index is 0.0178. The van der Waals surface area contributed by atoms with Gasteiger partial charge in [0.2, 0.25) is 11.8 Å². The molecule has 1 aromatic heterocycles. The van der Waals surface area contributed by atoms with Crippen molar-refractivity contribution in [2.75, 3.05) is 11.9 Å². The van der Waals surface area contributed by atoms with Crippen LogP contribution in [0.15, 0.2) is 4.42 Å². The molecule has 1 fully saturated rings. The first-order valence-corrected chi connectivity index (χ1v) is 6.32. The fraction of sp³-hybridized carbons (Fsp3) is 0.750. The van der Waals surface area contributed by atoms with Gasteiger partial charge in [-0.3, -0.25) is 10.1 Å². The van der Waals surface area contributed by atoms with Crippen LogP contribution in [0.25, 0.3) is 0 Å². The Hall–Kier alpha value is -1.43. The van der Waals surface area contributed by atoms with Gasteiger partial charge in [0.05, 0.1) is 0 Å². The fourth-order valence-electron chi connectivity index (χ4n) is 1.51. The van der Waals surface area contributed by atoms with Gasteiger partial charge in [0, 0.05) is 24.4 Å². The molecule has 18 heavy (non-hydrogen) atoms. The molecule has 0 atom stereocenters. The number of hydrogen-bond acceptors (Lipinski definition) is 5. The number of amides is 1. The number of anilines is 1. The van der Waals surface area contributed by atoms with Crippen LogP contribution in [0.3, 0.4) is 0 Å². The summed E-state index contributed by atoms with van der Waals surface area (Å²) in [6.45, 7) is 6.80.